The number of carbonyl (C=O) groups excluding carboxylic acids is 2. The number of nitrogens with one attached hydrogen (secondary N) is 1. The van der Waals surface area contributed by atoms with Crippen LogP contribution in [0.1, 0.15) is 19.4 Å². The number of urea groups is 1. The number of benzene rings is 3. The van der Waals surface area contributed by atoms with E-state index >= 15 is 0 Å². The van der Waals surface area contributed by atoms with Crippen molar-refractivity contribution in [1.29, 1.82) is 0 Å². The lowest BCUT2D eigenvalue weighted by Crippen LogP contribution is -2.45. The second kappa shape index (κ2) is 8.73. The van der Waals surface area contributed by atoms with Gasteiger partial charge < -0.3 is 10.4 Å². The molecule has 1 saturated heterocycles. The number of hydrogen-bond acceptors (Lipinski definition) is 5. The molecule has 0 spiro atoms. The molecule has 9 heteroatoms. The molecule has 2 N–H and O–H groups in total. The average molecular weight is 482 g/mol. The summed E-state index contributed by atoms with van der Waals surface area (Å²) >= 11 is 0. The maximum absolute atomic E-state index is 13.7. The van der Waals surface area contributed by atoms with Gasteiger partial charge in [0.05, 0.1) is 29.8 Å². The van der Waals surface area contributed by atoms with E-state index in [1.807, 2.05) is 31.2 Å². The van der Waals surface area contributed by atoms with E-state index in [0.29, 0.717) is 5.69 Å². The minimum absolute atomic E-state index is 0.0788. The first-order chi connectivity index (χ1) is 16.0. The van der Waals surface area contributed by atoms with Crippen molar-refractivity contribution in [3.8, 4) is 0 Å². The van der Waals surface area contributed by atoms with Crippen LogP contribution in [0.15, 0.2) is 71.6 Å². The van der Waals surface area contributed by atoms with Gasteiger partial charge >= 0.3 is 6.03 Å². The molecule has 4 rings (SSSR count). The number of fused-ring (bicyclic) bond motifs is 1. The van der Waals surface area contributed by atoms with Gasteiger partial charge in [-0.15, -0.1) is 0 Å². The Morgan fingerprint density at radius 2 is 1.65 bits per heavy atom. The van der Waals surface area contributed by atoms with E-state index in [-0.39, 0.29) is 18.0 Å². The minimum atomic E-state index is -4.07. The van der Waals surface area contributed by atoms with Crippen molar-refractivity contribution in [2.24, 2.45) is 0 Å². The van der Waals surface area contributed by atoms with Gasteiger partial charge in [-0.25, -0.2) is 13.2 Å². The zero-order chi connectivity index (χ0) is 24.7. The highest BCUT2D eigenvalue weighted by Gasteiger charge is 2.45. The summed E-state index contributed by atoms with van der Waals surface area (Å²) in [4.78, 5) is 25.7. The highest BCUT2D eigenvalue weighted by atomic mass is 32.2. The fourth-order valence-electron chi connectivity index (χ4n) is 3.95. The molecule has 1 unspecified atom stereocenters. The molecule has 0 radical (unpaired) electrons. The smallest absolute Gasteiger partial charge is 0.325 e. The third-order valence-corrected chi connectivity index (χ3v) is 7.63. The predicted molar refractivity (Wildman–Crippen MR) is 130 cm³/mol. The molecule has 3 amide bonds. The molecule has 0 aromatic heterocycles. The molecule has 3 aromatic rings. The van der Waals surface area contributed by atoms with Crippen molar-refractivity contribution in [2.45, 2.75) is 37.3 Å². The second-order valence-corrected chi connectivity index (χ2v) is 10.9. The van der Waals surface area contributed by atoms with Crippen LogP contribution in [0.25, 0.3) is 10.8 Å². The average Bonchev–Trinajstić information content (AvgIpc) is 2.99. The molecule has 1 aliphatic heterocycles. The summed E-state index contributed by atoms with van der Waals surface area (Å²) in [5.74, 6) is -0.476. The van der Waals surface area contributed by atoms with E-state index < -0.39 is 33.6 Å². The zero-order valence-electron chi connectivity index (χ0n) is 19.2. The molecular weight excluding hydrogens is 454 g/mol. The Balaban J connectivity index is 1.67. The van der Waals surface area contributed by atoms with E-state index in [0.717, 1.165) is 25.5 Å². The second-order valence-electron chi connectivity index (χ2n) is 9.01. The number of rotatable bonds is 7. The van der Waals surface area contributed by atoms with Gasteiger partial charge in [-0.05, 0) is 55.8 Å². The molecule has 0 aliphatic carbocycles. The van der Waals surface area contributed by atoms with Crippen molar-refractivity contribution < 1.29 is 23.1 Å². The highest BCUT2D eigenvalue weighted by molar-refractivity contribution is 7.92. The highest BCUT2D eigenvalue weighted by Crippen LogP contribution is 2.27. The van der Waals surface area contributed by atoms with Crippen LogP contribution in [0.4, 0.5) is 10.5 Å². The summed E-state index contributed by atoms with van der Waals surface area (Å²) in [5.41, 5.74) is 0.245. The topological polar surface area (TPSA) is 107 Å². The summed E-state index contributed by atoms with van der Waals surface area (Å²) in [5, 5.41) is 15.0. The van der Waals surface area contributed by atoms with Crippen molar-refractivity contribution in [1.82, 2.24) is 10.2 Å². The van der Waals surface area contributed by atoms with Crippen LogP contribution in [-0.2, 0) is 14.8 Å². The van der Waals surface area contributed by atoms with Crippen molar-refractivity contribution in [3.05, 3.63) is 72.3 Å². The van der Waals surface area contributed by atoms with Crippen molar-refractivity contribution >= 4 is 38.4 Å². The number of imide groups is 1. The Hall–Kier alpha value is -3.43. The molecule has 3 aromatic carbocycles. The van der Waals surface area contributed by atoms with Gasteiger partial charge in [0.1, 0.15) is 5.54 Å². The number of aliphatic hydroxyl groups excluding tert-OH is 1. The monoisotopic (exact) mass is 481 g/mol. The summed E-state index contributed by atoms with van der Waals surface area (Å²) in [6, 6.07) is 18.6. The van der Waals surface area contributed by atoms with Gasteiger partial charge in [0, 0.05) is 0 Å². The number of sulfonamides is 1. The first-order valence-electron chi connectivity index (χ1n) is 10.9. The number of β-amino-alcohol motifs (C(OH)–C–C–N with tert-alkyl or cyclic N) is 1. The van der Waals surface area contributed by atoms with Crippen LogP contribution in [-0.4, -0.2) is 55.1 Å². The summed E-state index contributed by atoms with van der Waals surface area (Å²) < 4.78 is 28.6. The lowest BCUT2D eigenvalue weighted by Gasteiger charge is -2.28. The summed E-state index contributed by atoms with van der Waals surface area (Å²) in [6.45, 7) is 4.37. The minimum Gasteiger partial charge on any atom is -0.389 e. The maximum Gasteiger partial charge on any atom is 0.325 e. The van der Waals surface area contributed by atoms with Crippen molar-refractivity contribution in [3.63, 3.8) is 0 Å². The Labute approximate surface area is 198 Å². The fraction of sp³-hybridized carbons (Fsp3) is 0.280. The quantitative estimate of drug-likeness (QED) is 0.505. The van der Waals surface area contributed by atoms with Gasteiger partial charge in [0.2, 0.25) is 0 Å². The molecule has 8 nitrogen and oxygen atoms in total. The third-order valence-electron chi connectivity index (χ3n) is 5.85. The maximum atomic E-state index is 13.7. The largest absolute Gasteiger partial charge is 0.389 e. The van der Waals surface area contributed by atoms with Crippen LogP contribution in [0.5, 0.6) is 0 Å². The Morgan fingerprint density at radius 3 is 2.26 bits per heavy atom. The first-order valence-corrected chi connectivity index (χ1v) is 12.3. The summed E-state index contributed by atoms with van der Waals surface area (Å²) in [6.07, 6.45) is -1.31. The van der Waals surface area contributed by atoms with Crippen LogP contribution in [0.3, 0.4) is 0 Å². The standard InChI is InChI=1S/C25H27N3O5S/c1-17-8-11-20(12-9-17)28(16-21(29)15-27-23(30)25(2,3)26-24(27)31)34(32,33)22-13-10-18-6-4-5-7-19(18)14-22/h4-14,21,29H,15-16H2,1-3H3,(H,26,31). The van der Waals surface area contributed by atoms with Gasteiger partial charge in [-0.2, -0.15) is 0 Å². The molecule has 0 bridgehead atoms. The van der Waals surface area contributed by atoms with Gasteiger partial charge in [-0.1, -0.05) is 48.0 Å². The Morgan fingerprint density at radius 1 is 1.00 bits per heavy atom. The van der Waals surface area contributed by atoms with Crippen LogP contribution < -0.4 is 9.62 Å². The SMILES string of the molecule is Cc1ccc(N(CC(O)CN2C(=O)NC(C)(C)C2=O)S(=O)(=O)c2ccc3ccccc3c2)cc1. The third kappa shape index (κ3) is 4.49. The van der Waals surface area contributed by atoms with Gasteiger partial charge in [0.25, 0.3) is 15.9 Å². The number of nitrogens with zero attached hydrogens (tertiary/aromatic N) is 2. The Kier molecular flexibility index (Phi) is 6.09. The first kappa shape index (κ1) is 23.7. The fourth-order valence-corrected chi connectivity index (χ4v) is 5.49. The molecular formula is C25H27N3O5S. The van der Waals surface area contributed by atoms with Crippen LogP contribution in [0.2, 0.25) is 0 Å². The lowest BCUT2D eigenvalue weighted by molar-refractivity contribution is -0.131. The van der Waals surface area contributed by atoms with E-state index in [1.54, 1.807) is 50.2 Å². The van der Waals surface area contributed by atoms with Gasteiger partial charge in [0.15, 0.2) is 0 Å². The Bertz CT molecular complexity index is 1350. The lowest BCUT2D eigenvalue weighted by atomic mass is 10.1. The molecule has 1 fully saturated rings. The number of aryl methyl sites for hydroxylation is 1. The van der Waals surface area contributed by atoms with E-state index in [4.69, 9.17) is 0 Å². The van der Waals surface area contributed by atoms with E-state index in [2.05, 4.69) is 5.32 Å². The number of aliphatic hydroxyl groups is 1. The van der Waals surface area contributed by atoms with Crippen LogP contribution in [0, 0.1) is 6.92 Å². The molecule has 34 heavy (non-hydrogen) atoms. The molecule has 1 heterocycles. The zero-order valence-corrected chi connectivity index (χ0v) is 20.0. The van der Waals surface area contributed by atoms with E-state index in [9.17, 15) is 23.1 Å². The number of carbonyl (C=O) groups is 2. The molecule has 0 saturated carbocycles. The predicted octanol–water partition coefficient (Wildman–Crippen LogP) is 3.03. The number of anilines is 1. The normalized spacial score (nSPS) is 16.5. The molecule has 178 valence electrons. The molecule has 1 aliphatic rings. The van der Waals surface area contributed by atoms with Crippen molar-refractivity contribution in [2.75, 3.05) is 17.4 Å². The number of amides is 3. The number of hydrogen-bond donors (Lipinski definition) is 2. The van der Waals surface area contributed by atoms with E-state index in [1.165, 1.54) is 6.07 Å². The van der Waals surface area contributed by atoms with Crippen LogP contribution >= 0.6 is 0 Å². The van der Waals surface area contributed by atoms with Gasteiger partial charge in [-0.3, -0.25) is 14.0 Å². The molecule has 1 atom stereocenters. The summed E-state index contributed by atoms with van der Waals surface area (Å²) in [7, 11) is -4.07.